The van der Waals surface area contributed by atoms with Gasteiger partial charge in [-0.2, -0.15) is 0 Å². The standard InChI is InChI=1S/C16H19FN2O4S/c1-12(2)18(14-7-5-4-6-8-14)24(22,23)16(17)10-9-13(3)15(11-16)19(20)21/h4-10,12H,11H2,1-3H3. The highest BCUT2D eigenvalue weighted by atomic mass is 32.2. The highest BCUT2D eigenvalue weighted by Gasteiger charge is 2.51. The third kappa shape index (κ3) is 3.06. The van der Waals surface area contributed by atoms with Gasteiger partial charge in [-0.1, -0.05) is 24.3 Å². The molecule has 1 unspecified atom stereocenters. The van der Waals surface area contributed by atoms with Crippen LogP contribution in [0.15, 0.2) is 53.8 Å². The van der Waals surface area contributed by atoms with Gasteiger partial charge in [0.15, 0.2) is 0 Å². The van der Waals surface area contributed by atoms with E-state index in [1.165, 1.54) is 6.92 Å². The Bertz CT molecular complexity index is 803. The van der Waals surface area contributed by atoms with Crippen LogP contribution < -0.4 is 4.31 Å². The van der Waals surface area contributed by atoms with E-state index in [9.17, 15) is 18.5 Å². The van der Waals surface area contributed by atoms with Crippen molar-refractivity contribution in [3.05, 3.63) is 63.9 Å². The van der Waals surface area contributed by atoms with Crippen LogP contribution in [0.5, 0.6) is 0 Å². The number of allylic oxidation sites excluding steroid dienone is 3. The van der Waals surface area contributed by atoms with Crippen molar-refractivity contribution < 1.29 is 17.7 Å². The van der Waals surface area contributed by atoms with Crippen LogP contribution in [0.4, 0.5) is 10.1 Å². The van der Waals surface area contributed by atoms with Crippen LogP contribution in [0.1, 0.15) is 27.2 Å². The summed E-state index contributed by atoms with van der Waals surface area (Å²) in [7, 11) is -4.52. The monoisotopic (exact) mass is 354 g/mol. The summed E-state index contributed by atoms with van der Waals surface area (Å²) in [5.74, 6) is 0. The Hall–Kier alpha value is -2.22. The average Bonchev–Trinajstić information content (AvgIpc) is 2.50. The van der Waals surface area contributed by atoms with Gasteiger partial charge < -0.3 is 0 Å². The molecule has 0 fully saturated rings. The second-order valence-electron chi connectivity index (χ2n) is 5.91. The number of anilines is 1. The van der Waals surface area contributed by atoms with E-state index in [0.717, 1.165) is 16.5 Å². The summed E-state index contributed by atoms with van der Waals surface area (Å²) in [5, 5.41) is 8.23. The maximum Gasteiger partial charge on any atom is 0.275 e. The van der Waals surface area contributed by atoms with E-state index in [2.05, 4.69) is 0 Å². The quantitative estimate of drug-likeness (QED) is 0.599. The first-order valence-electron chi connectivity index (χ1n) is 7.41. The largest absolute Gasteiger partial charge is 0.275 e. The van der Waals surface area contributed by atoms with E-state index in [1.54, 1.807) is 44.2 Å². The zero-order chi connectivity index (χ0) is 18.1. The summed E-state index contributed by atoms with van der Waals surface area (Å²) in [6.45, 7) is 4.70. The fraction of sp³-hybridized carbons (Fsp3) is 0.375. The first-order valence-corrected chi connectivity index (χ1v) is 8.85. The minimum atomic E-state index is -4.52. The third-order valence-corrected chi connectivity index (χ3v) is 6.12. The highest BCUT2D eigenvalue weighted by molar-refractivity contribution is 7.94. The van der Waals surface area contributed by atoms with E-state index in [0.29, 0.717) is 5.69 Å². The molecule has 1 aliphatic carbocycles. The zero-order valence-corrected chi connectivity index (χ0v) is 14.5. The van der Waals surface area contributed by atoms with Gasteiger partial charge in [0.1, 0.15) is 0 Å². The number of halogens is 1. The normalized spacial score (nSPS) is 21.2. The number of para-hydroxylation sites is 1. The summed E-state index contributed by atoms with van der Waals surface area (Å²) in [5.41, 5.74) is 0.131. The number of hydrogen-bond acceptors (Lipinski definition) is 4. The van der Waals surface area contributed by atoms with Crippen molar-refractivity contribution in [1.29, 1.82) is 0 Å². The molecular formula is C16H19FN2O4S. The van der Waals surface area contributed by atoms with Crippen molar-refractivity contribution in [3.63, 3.8) is 0 Å². The minimum Gasteiger partial charge on any atom is -0.265 e. The summed E-state index contributed by atoms with van der Waals surface area (Å²) in [6.07, 6.45) is 1.23. The first-order chi connectivity index (χ1) is 11.1. The Balaban J connectivity index is 2.53. The Morgan fingerprint density at radius 3 is 2.38 bits per heavy atom. The van der Waals surface area contributed by atoms with Gasteiger partial charge in [-0.3, -0.25) is 14.4 Å². The molecular weight excluding hydrogens is 335 g/mol. The van der Waals surface area contributed by atoms with Gasteiger partial charge >= 0.3 is 0 Å². The SMILES string of the molecule is CC1=C([N+](=O)[O-])CC(F)(S(=O)(=O)N(c2ccccc2)C(C)C)C=C1. The topological polar surface area (TPSA) is 80.5 Å². The van der Waals surface area contributed by atoms with Crippen molar-refractivity contribution in [2.45, 2.75) is 38.2 Å². The van der Waals surface area contributed by atoms with Crippen LogP contribution in [0.25, 0.3) is 0 Å². The maximum atomic E-state index is 15.4. The van der Waals surface area contributed by atoms with Crippen molar-refractivity contribution in [1.82, 2.24) is 0 Å². The Kier molecular flexibility index (Phi) is 4.80. The third-order valence-electron chi connectivity index (χ3n) is 3.83. The molecule has 24 heavy (non-hydrogen) atoms. The predicted molar refractivity (Wildman–Crippen MR) is 90.3 cm³/mol. The molecule has 0 amide bonds. The van der Waals surface area contributed by atoms with Gasteiger partial charge in [-0.15, -0.1) is 0 Å². The molecule has 1 aromatic carbocycles. The van der Waals surface area contributed by atoms with Crippen molar-refractivity contribution >= 4 is 15.7 Å². The van der Waals surface area contributed by atoms with Crippen molar-refractivity contribution in [2.24, 2.45) is 0 Å². The van der Waals surface area contributed by atoms with Crippen LogP contribution in [-0.4, -0.2) is 24.4 Å². The lowest BCUT2D eigenvalue weighted by molar-refractivity contribution is -0.430. The van der Waals surface area contributed by atoms with Gasteiger partial charge in [0.25, 0.3) is 20.7 Å². The van der Waals surface area contributed by atoms with Crippen LogP contribution in [0, 0.1) is 10.1 Å². The molecule has 0 spiro atoms. The lowest BCUT2D eigenvalue weighted by Crippen LogP contribution is -2.49. The Labute approximate surface area is 140 Å². The summed E-state index contributed by atoms with van der Waals surface area (Å²) < 4.78 is 42.3. The van der Waals surface area contributed by atoms with E-state index in [-0.39, 0.29) is 5.57 Å². The molecule has 0 radical (unpaired) electrons. The molecule has 1 atom stereocenters. The van der Waals surface area contributed by atoms with Crippen molar-refractivity contribution in [3.8, 4) is 0 Å². The number of nitrogens with zero attached hydrogens (tertiary/aromatic N) is 2. The van der Waals surface area contributed by atoms with Gasteiger partial charge in [-0.05, 0) is 39.0 Å². The van der Waals surface area contributed by atoms with Gasteiger partial charge in [0, 0.05) is 11.6 Å². The average molecular weight is 354 g/mol. The van der Waals surface area contributed by atoms with E-state index < -0.39 is 38.1 Å². The second-order valence-corrected chi connectivity index (χ2v) is 7.94. The fourth-order valence-corrected chi connectivity index (χ4v) is 4.45. The molecule has 0 aliphatic heterocycles. The van der Waals surface area contributed by atoms with Gasteiger partial charge in [0.2, 0.25) is 0 Å². The molecule has 0 saturated heterocycles. The molecule has 0 aromatic heterocycles. The Morgan fingerprint density at radius 2 is 1.88 bits per heavy atom. The number of hydrogen-bond donors (Lipinski definition) is 0. The van der Waals surface area contributed by atoms with Crippen molar-refractivity contribution in [2.75, 3.05) is 4.31 Å². The Morgan fingerprint density at radius 1 is 1.29 bits per heavy atom. The minimum absolute atomic E-state index is 0.249. The number of sulfonamides is 1. The number of alkyl halides is 1. The van der Waals surface area contributed by atoms with Gasteiger partial charge in [0.05, 0.1) is 17.0 Å². The predicted octanol–water partition coefficient (Wildman–Crippen LogP) is 3.41. The smallest absolute Gasteiger partial charge is 0.265 e. The second kappa shape index (κ2) is 6.35. The summed E-state index contributed by atoms with van der Waals surface area (Å²) in [4.78, 5) is 10.4. The van der Waals surface area contributed by atoms with E-state index in [4.69, 9.17) is 0 Å². The molecule has 2 rings (SSSR count). The molecule has 0 heterocycles. The lowest BCUT2D eigenvalue weighted by Gasteiger charge is -2.34. The fourth-order valence-electron chi connectivity index (χ4n) is 2.61. The lowest BCUT2D eigenvalue weighted by atomic mass is 10.0. The molecule has 0 bridgehead atoms. The van der Waals surface area contributed by atoms with Crippen LogP contribution >= 0.6 is 0 Å². The number of rotatable bonds is 5. The zero-order valence-electron chi connectivity index (χ0n) is 13.6. The molecule has 6 nitrogen and oxygen atoms in total. The number of benzene rings is 1. The molecule has 130 valence electrons. The van der Waals surface area contributed by atoms with Crippen LogP contribution in [0.2, 0.25) is 0 Å². The first kappa shape index (κ1) is 18.1. The van der Waals surface area contributed by atoms with Crippen LogP contribution in [0.3, 0.4) is 0 Å². The maximum absolute atomic E-state index is 15.4. The molecule has 1 aromatic rings. The van der Waals surface area contributed by atoms with Crippen LogP contribution in [-0.2, 0) is 10.0 Å². The van der Waals surface area contributed by atoms with Gasteiger partial charge in [-0.25, -0.2) is 12.8 Å². The number of nitro groups is 1. The molecule has 0 N–H and O–H groups in total. The highest BCUT2D eigenvalue weighted by Crippen LogP contribution is 2.39. The van der Waals surface area contributed by atoms with E-state index >= 15 is 4.39 Å². The summed E-state index contributed by atoms with van der Waals surface area (Å²) >= 11 is 0. The molecule has 1 aliphatic rings. The molecule has 0 saturated carbocycles. The summed E-state index contributed by atoms with van der Waals surface area (Å²) in [6, 6.07) is 7.58. The molecule has 8 heteroatoms. The van der Waals surface area contributed by atoms with E-state index in [1.807, 2.05) is 0 Å².